The van der Waals surface area contributed by atoms with Gasteiger partial charge in [0, 0.05) is 21.6 Å². The lowest BCUT2D eigenvalue weighted by Crippen LogP contribution is -2.29. The lowest BCUT2D eigenvalue weighted by Gasteiger charge is -2.13. The van der Waals surface area contributed by atoms with Gasteiger partial charge < -0.3 is 9.47 Å². The molecule has 0 unspecified atom stereocenters. The number of rotatable bonds is 9. The van der Waals surface area contributed by atoms with Gasteiger partial charge in [-0.05, 0) is 65.9 Å². The van der Waals surface area contributed by atoms with E-state index in [1.54, 1.807) is 42.5 Å². The monoisotopic (exact) mass is 632 g/mol. The Kier molecular flexibility index (Phi) is 8.99. The molecule has 0 radical (unpaired) electrons. The van der Waals surface area contributed by atoms with Crippen LogP contribution in [0, 0.1) is 0 Å². The van der Waals surface area contributed by atoms with Gasteiger partial charge in [0.2, 0.25) is 0 Å². The number of hydrogen-bond acceptors (Lipinski definition) is 6. The fraction of sp³-hybridized carbons (Fsp3) is 0.111. The molecule has 0 aromatic heterocycles. The number of sulfonamides is 1. The maximum atomic E-state index is 13.2. The number of ether oxygens (including phenoxy) is 2. The molecular weight excluding hydrogens is 612 g/mol. The van der Waals surface area contributed by atoms with Crippen molar-refractivity contribution in [3.8, 4) is 11.5 Å². The second-order valence-electron chi connectivity index (χ2n) is 7.91. The van der Waals surface area contributed by atoms with Crippen LogP contribution in [0.15, 0.2) is 98.1 Å². The van der Waals surface area contributed by atoms with Gasteiger partial charge in [-0.3, -0.25) is 9.69 Å². The topological polar surface area (TPSA) is 85.3 Å². The molecule has 1 aliphatic rings. The summed E-state index contributed by atoms with van der Waals surface area (Å²) in [5.41, 5.74) is 1.47. The number of thioether (sulfide) groups is 1. The second kappa shape index (κ2) is 12.2. The molecule has 0 atom stereocenters. The van der Waals surface area contributed by atoms with E-state index in [1.165, 1.54) is 30.2 Å². The first-order chi connectivity index (χ1) is 18.2. The van der Waals surface area contributed by atoms with Crippen molar-refractivity contribution < 1.29 is 22.7 Å². The van der Waals surface area contributed by atoms with Crippen molar-refractivity contribution in [1.82, 2.24) is 4.90 Å². The highest BCUT2D eigenvalue weighted by Crippen LogP contribution is 2.36. The summed E-state index contributed by atoms with van der Waals surface area (Å²) in [6.07, 6.45) is 3.16. The number of carbonyl (C=O) groups is 1. The van der Waals surface area contributed by atoms with E-state index in [2.05, 4.69) is 26.9 Å². The molecule has 0 bridgehead atoms. The highest BCUT2D eigenvalue weighted by atomic mass is 79.9. The summed E-state index contributed by atoms with van der Waals surface area (Å²) in [6.45, 7) is 4.00. The molecule has 196 valence electrons. The zero-order valence-corrected chi connectivity index (χ0v) is 24.1. The Morgan fingerprint density at radius 2 is 1.84 bits per heavy atom. The van der Waals surface area contributed by atoms with Gasteiger partial charge in [-0.25, -0.2) is 0 Å². The number of amides is 1. The first-order valence-electron chi connectivity index (χ1n) is 11.2. The molecule has 0 N–H and O–H groups in total. The molecule has 0 saturated carbocycles. The Labute approximate surface area is 239 Å². The lowest BCUT2D eigenvalue weighted by molar-refractivity contribution is -0.121. The molecule has 1 heterocycles. The predicted octanol–water partition coefficient (Wildman–Crippen LogP) is 6.54. The minimum absolute atomic E-state index is 0.0210. The number of methoxy groups -OCH3 is 1. The van der Waals surface area contributed by atoms with Crippen molar-refractivity contribution in [3.05, 3.63) is 105 Å². The fourth-order valence-corrected chi connectivity index (χ4v) is 6.09. The molecule has 3 aromatic carbocycles. The number of nitrogens with zero attached hydrogens (tertiary/aromatic N) is 2. The van der Waals surface area contributed by atoms with Crippen LogP contribution in [0.2, 0.25) is 5.02 Å². The van der Waals surface area contributed by atoms with Crippen LogP contribution >= 0.6 is 39.3 Å². The van der Waals surface area contributed by atoms with E-state index in [4.69, 9.17) is 21.1 Å². The minimum Gasteiger partial charge on any atom is -0.493 e. The minimum atomic E-state index is -4.04. The Morgan fingerprint density at radius 3 is 2.53 bits per heavy atom. The molecule has 1 amide bonds. The third-order valence-electron chi connectivity index (χ3n) is 5.34. The number of benzene rings is 3. The highest BCUT2D eigenvalue weighted by molar-refractivity contribution is 9.10. The van der Waals surface area contributed by atoms with Crippen LogP contribution in [0.4, 0.5) is 0 Å². The molecule has 7 nitrogen and oxygen atoms in total. The average Bonchev–Trinajstić information content (AvgIpc) is 3.17. The van der Waals surface area contributed by atoms with Crippen LogP contribution in [0.3, 0.4) is 0 Å². The largest absolute Gasteiger partial charge is 0.493 e. The van der Waals surface area contributed by atoms with E-state index in [1.807, 2.05) is 18.2 Å². The molecule has 0 aliphatic carbocycles. The lowest BCUT2D eigenvalue weighted by atomic mass is 10.1. The number of amidine groups is 1. The standard InChI is InChI=1S/C27H22BrClN2O5S2/c1-3-14-31-26(32)25(37-27(31)30-38(33,34)21-11-9-20(28)10-12-21)16-18-8-13-23(35-2)24(15-18)36-17-19-6-4-5-7-22(19)29/h3-13,15-16H,1,14,17H2,2H3/b25-16-,30-27?. The third-order valence-corrected chi connectivity index (χ3v) is 8.64. The summed E-state index contributed by atoms with van der Waals surface area (Å²) < 4.78 is 41.9. The normalized spacial score (nSPS) is 15.8. The number of halogens is 2. The Balaban J connectivity index is 1.63. The quantitative estimate of drug-likeness (QED) is 0.197. The molecule has 38 heavy (non-hydrogen) atoms. The molecule has 1 fully saturated rings. The molecular formula is C27H22BrClN2O5S2. The van der Waals surface area contributed by atoms with Crippen LogP contribution in [0.25, 0.3) is 6.08 Å². The van der Waals surface area contributed by atoms with Crippen molar-refractivity contribution in [2.45, 2.75) is 11.5 Å². The van der Waals surface area contributed by atoms with Crippen LogP contribution in [-0.4, -0.2) is 38.0 Å². The van der Waals surface area contributed by atoms with Crippen molar-refractivity contribution in [1.29, 1.82) is 0 Å². The molecule has 11 heteroatoms. The fourth-order valence-electron chi connectivity index (χ4n) is 3.45. The van der Waals surface area contributed by atoms with E-state index in [-0.39, 0.29) is 29.1 Å². The molecule has 1 saturated heterocycles. The Hall–Kier alpha value is -3.05. The van der Waals surface area contributed by atoms with Crippen LogP contribution < -0.4 is 9.47 Å². The Morgan fingerprint density at radius 1 is 1.11 bits per heavy atom. The number of carbonyl (C=O) groups excluding carboxylic acids is 1. The maximum absolute atomic E-state index is 13.2. The summed E-state index contributed by atoms with van der Waals surface area (Å²) in [4.78, 5) is 14.8. The van der Waals surface area contributed by atoms with Crippen LogP contribution in [-0.2, 0) is 21.4 Å². The van der Waals surface area contributed by atoms with E-state index in [9.17, 15) is 13.2 Å². The predicted molar refractivity (Wildman–Crippen MR) is 155 cm³/mol. The number of hydrogen-bond donors (Lipinski definition) is 0. The van der Waals surface area contributed by atoms with Gasteiger partial charge in [-0.1, -0.05) is 57.9 Å². The van der Waals surface area contributed by atoms with Gasteiger partial charge in [0.05, 0.1) is 16.9 Å². The molecule has 4 rings (SSSR count). The van der Waals surface area contributed by atoms with Crippen molar-refractivity contribution in [2.24, 2.45) is 4.40 Å². The summed E-state index contributed by atoms with van der Waals surface area (Å²) in [6, 6.07) is 18.7. The zero-order valence-electron chi connectivity index (χ0n) is 20.1. The average molecular weight is 634 g/mol. The van der Waals surface area contributed by atoms with Crippen molar-refractivity contribution in [2.75, 3.05) is 13.7 Å². The van der Waals surface area contributed by atoms with E-state index in [0.717, 1.165) is 21.8 Å². The van der Waals surface area contributed by atoms with E-state index in [0.29, 0.717) is 27.0 Å². The van der Waals surface area contributed by atoms with Gasteiger partial charge in [0.25, 0.3) is 15.9 Å². The SMILES string of the molecule is C=CCN1C(=O)/C(=C/c2ccc(OC)c(OCc3ccccc3Cl)c2)SC1=NS(=O)(=O)c1ccc(Br)cc1. The summed E-state index contributed by atoms with van der Waals surface area (Å²) in [5.74, 6) is 0.599. The van der Waals surface area contributed by atoms with Crippen molar-refractivity contribution in [3.63, 3.8) is 0 Å². The first kappa shape index (κ1) is 28.0. The molecule has 3 aromatic rings. The smallest absolute Gasteiger partial charge is 0.284 e. The van der Waals surface area contributed by atoms with Crippen LogP contribution in [0.5, 0.6) is 11.5 Å². The third kappa shape index (κ3) is 6.50. The second-order valence-corrected chi connectivity index (χ2v) is 11.8. The summed E-state index contributed by atoms with van der Waals surface area (Å²) >= 11 is 10.5. The zero-order chi connectivity index (χ0) is 27.3. The van der Waals surface area contributed by atoms with Gasteiger partial charge in [-0.2, -0.15) is 8.42 Å². The van der Waals surface area contributed by atoms with Crippen molar-refractivity contribution >= 4 is 66.5 Å². The maximum Gasteiger partial charge on any atom is 0.284 e. The summed E-state index contributed by atoms with van der Waals surface area (Å²) in [7, 11) is -2.51. The summed E-state index contributed by atoms with van der Waals surface area (Å²) in [5, 5.41) is 0.637. The molecule has 1 aliphatic heterocycles. The van der Waals surface area contributed by atoms with Gasteiger partial charge in [-0.15, -0.1) is 11.0 Å². The molecule has 0 spiro atoms. The van der Waals surface area contributed by atoms with Gasteiger partial charge in [0.1, 0.15) is 6.61 Å². The van der Waals surface area contributed by atoms with E-state index < -0.39 is 10.0 Å². The highest BCUT2D eigenvalue weighted by Gasteiger charge is 2.34. The van der Waals surface area contributed by atoms with Crippen LogP contribution in [0.1, 0.15) is 11.1 Å². The van der Waals surface area contributed by atoms with Gasteiger partial charge in [0.15, 0.2) is 16.7 Å². The Bertz CT molecular complexity index is 1540. The van der Waals surface area contributed by atoms with Gasteiger partial charge >= 0.3 is 0 Å². The van der Waals surface area contributed by atoms with E-state index >= 15 is 0 Å². The first-order valence-corrected chi connectivity index (χ1v) is 14.6.